The fraction of sp³-hybridized carbons (Fsp3) is 0.500. The maximum atomic E-state index is 13.0. The van der Waals surface area contributed by atoms with E-state index >= 15 is 0 Å². The number of allylic oxidation sites excluding steroid dienone is 2. The molecule has 0 bridgehead atoms. The minimum absolute atomic E-state index is 0.386. The minimum Gasteiger partial charge on any atom is -0.399 e. The fourth-order valence-corrected chi connectivity index (χ4v) is 0.399. The standard InChI is InChI=1S/C8H14FN/c1-4-8(3,9)6-5-7(2)10/h5-6H,2,4,10H2,1,3H3/b6-5-/t8-/m1/s1. The van der Waals surface area contributed by atoms with E-state index in [0.717, 1.165) is 0 Å². The predicted molar refractivity (Wildman–Crippen MR) is 42.3 cm³/mol. The second-order valence-corrected chi connectivity index (χ2v) is 2.54. The SMILES string of the molecule is C=C(N)/C=C\[C@](C)(F)CC. The summed E-state index contributed by atoms with van der Waals surface area (Å²) < 4.78 is 13.0. The molecule has 0 saturated heterocycles. The number of alkyl halides is 1. The molecule has 0 saturated carbocycles. The summed E-state index contributed by atoms with van der Waals surface area (Å²) >= 11 is 0. The van der Waals surface area contributed by atoms with Gasteiger partial charge in [0.15, 0.2) is 0 Å². The molecule has 2 N–H and O–H groups in total. The van der Waals surface area contributed by atoms with Gasteiger partial charge in [-0.25, -0.2) is 4.39 Å². The predicted octanol–water partition coefficient (Wildman–Crippen LogP) is 2.15. The molecule has 0 rings (SSSR count). The van der Waals surface area contributed by atoms with Gasteiger partial charge in [-0.1, -0.05) is 13.5 Å². The molecule has 58 valence electrons. The molecule has 0 fully saturated rings. The van der Waals surface area contributed by atoms with E-state index in [2.05, 4.69) is 6.58 Å². The van der Waals surface area contributed by atoms with Crippen molar-refractivity contribution in [3.05, 3.63) is 24.4 Å². The Morgan fingerprint density at radius 2 is 2.30 bits per heavy atom. The Morgan fingerprint density at radius 3 is 2.60 bits per heavy atom. The van der Waals surface area contributed by atoms with Crippen molar-refractivity contribution in [3.63, 3.8) is 0 Å². The topological polar surface area (TPSA) is 26.0 Å². The second-order valence-electron chi connectivity index (χ2n) is 2.54. The molecule has 0 aromatic rings. The van der Waals surface area contributed by atoms with E-state index in [9.17, 15) is 4.39 Å². The Labute approximate surface area is 61.4 Å². The third kappa shape index (κ3) is 4.13. The van der Waals surface area contributed by atoms with Gasteiger partial charge in [0.2, 0.25) is 0 Å². The van der Waals surface area contributed by atoms with Gasteiger partial charge in [0.1, 0.15) is 5.67 Å². The maximum absolute atomic E-state index is 13.0. The van der Waals surface area contributed by atoms with E-state index < -0.39 is 5.67 Å². The molecule has 0 unspecified atom stereocenters. The van der Waals surface area contributed by atoms with Gasteiger partial charge in [-0.2, -0.15) is 0 Å². The van der Waals surface area contributed by atoms with Crippen LogP contribution in [0.5, 0.6) is 0 Å². The monoisotopic (exact) mass is 143 g/mol. The summed E-state index contributed by atoms with van der Waals surface area (Å²) in [7, 11) is 0. The molecule has 1 atom stereocenters. The molecule has 1 nitrogen and oxygen atoms in total. The lowest BCUT2D eigenvalue weighted by molar-refractivity contribution is 0.250. The van der Waals surface area contributed by atoms with E-state index in [4.69, 9.17) is 5.73 Å². The Kier molecular flexibility index (Phi) is 3.13. The van der Waals surface area contributed by atoms with Gasteiger partial charge in [-0.05, 0) is 25.5 Å². The number of rotatable bonds is 3. The molecule has 0 aromatic heterocycles. The molecule has 0 amide bonds. The van der Waals surface area contributed by atoms with Crippen LogP contribution >= 0.6 is 0 Å². The molecule has 0 aromatic carbocycles. The molecule has 10 heavy (non-hydrogen) atoms. The average Bonchev–Trinajstić information content (AvgIpc) is 1.85. The zero-order chi connectivity index (χ0) is 8.20. The first-order chi connectivity index (χ1) is 4.48. The molecule has 0 aliphatic heterocycles. The molecule has 2 heteroatoms. The molecular formula is C8H14FN. The van der Waals surface area contributed by atoms with E-state index in [-0.39, 0.29) is 0 Å². The largest absolute Gasteiger partial charge is 0.399 e. The van der Waals surface area contributed by atoms with Crippen molar-refractivity contribution in [2.75, 3.05) is 0 Å². The van der Waals surface area contributed by atoms with Crippen LogP contribution in [-0.2, 0) is 0 Å². The third-order valence-electron chi connectivity index (χ3n) is 1.34. The van der Waals surface area contributed by atoms with Gasteiger partial charge in [-0.3, -0.25) is 0 Å². The zero-order valence-electron chi connectivity index (χ0n) is 6.52. The van der Waals surface area contributed by atoms with E-state index in [1.807, 2.05) is 0 Å². The molecule has 0 aliphatic rings. The highest BCUT2D eigenvalue weighted by atomic mass is 19.1. The van der Waals surface area contributed by atoms with Crippen LogP contribution < -0.4 is 5.73 Å². The van der Waals surface area contributed by atoms with Crippen LogP contribution in [0.2, 0.25) is 0 Å². The van der Waals surface area contributed by atoms with Crippen LogP contribution in [0.3, 0.4) is 0 Å². The fourth-order valence-electron chi connectivity index (χ4n) is 0.399. The van der Waals surface area contributed by atoms with Gasteiger partial charge in [0, 0.05) is 5.70 Å². The normalized spacial score (nSPS) is 17.1. The van der Waals surface area contributed by atoms with Crippen LogP contribution in [-0.4, -0.2) is 5.67 Å². The highest BCUT2D eigenvalue weighted by Gasteiger charge is 2.14. The first-order valence-corrected chi connectivity index (χ1v) is 3.30. The number of hydrogen-bond acceptors (Lipinski definition) is 1. The highest BCUT2D eigenvalue weighted by molar-refractivity contribution is 5.14. The summed E-state index contributed by atoms with van der Waals surface area (Å²) in [5.41, 5.74) is 4.35. The van der Waals surface area contributed by atoms with Gasteiger partial charge < -0.3 is 5.73 Å². The molecule has 0 spiro atoms. The zero-order valence-corrected chi connectivity index (χ0v) is 6.52. The summed E-state index contributed by atoms with van der Waals surface area (Å²) in [5.74, 6) is 0. The average molecular weight is 143 g/mol. The van der Waals surface area contributed by atoms with Crippen LogP contribution in [0.25, 0.3) is 0 Å². The lowest BCUT2D eigenvalue weighted by atomic mass is 10.1. The van der Waals surface area contributed by atoms with Gasteiger partial charge in [-0.15, -0.1) is 0 Å². The lowest BCUT2D eigenvalue weighted by Gasteiger charge is -2.11. The molecule has 0 radical (unpaired) electrons. The van der Waals surface area contributed by atoms with Crippen molar-refractivity contribution in [3.8, 4) is 0 Å². The van der Waals surface area contributed by atoms with Crippen molar-refractivity contribution in [1.82, 2.24) is 0 Å². The third-order valence-corrected chi connectivity index (χ3v) is 1.34. The van der Waals surface area contributed by atoms with Gasteiger partial charge in [0.25, 0.3) is 0 Å². The Balaban J connectivity index is 3.99. The van der Waals surface area contributed by atoms with E-state index in [1.54, 1.807) is 6.92 Å². The van der Waals surface area contributed by atoms with Crippen LogP contribution in [0.15, 0.2) is 24.4 Å². The maximum Gasteiger partial charge on any atom is 0.126 e. The van der Waals surface area contributed by atoms with Crippen molar-refractivity contribution in [2.45, 2.75) is 25.9 Å². The van der Waals surface area contributed by atoms with E-state index in [0.29, 0.717) is 12.1 Å². The van der Waals surface area contributed by atoms with Crippen molar-refractivity contribution in [2.24, 2.45) is 5.73 Å². The first kappa shape index (κ1) is 9.21. The summed E-state index contributed by atoms with van der Waals surface area (Å²) in [6, 6.07) is 0. The van der Waals surface area contributed by atoms with Crippen LogP contribution in [0.1, 0.15) is 20.3 Å². The molecule has 0 aliphatic carbocycles. The Hall–Kier alpha value is -0.790. The van der Waals surface area contributed by atoms with Crippen molar-refractivity contribution in [1.29, 1.82) is 0 Å². The highest BCUT2D eigenvalue weighted by Crippen LogP contribution is 2.16. The molecule has 0 heterocycles. The Morgan fingerprint density at radius 1 is 1.80 bits per heavy atom. The summed E-state index contributed by atoms with van der Waals surface area (Å²) in [5, 5.41) is 0. The summed E-state index contributed by atoms with van der Waals surface area (Å²) in [4.78, 5) is 0. The quantitative estimate of drug-likeness (QED) is 0.602. The lowest BCUT2D eigenvalue weighted by Crippen LogP contribution is -2.11. The number of hydrogen-bond donors (Lipinski definition) is 1. The number of halogens is 1. The first-order valence-electron chi connectivity index (χ1n) is 3.30. The molecular weight excluding hydrogens is 129 g/mol. The summed E-state index contributed by atoms with van der Waals surface area (Å²) in [6.45, 7) is 6.70. The second kappa shape index (κ2) is 3.40. The summed E-state index contributed by atoms with van der Waals surface area (Å²) in [6.07, 6.45) is 3.37. The Bertz CT molecular complexity index is 147. The van der Waals surface area contributed by atoms with Gasteiger partial charge >= 0.3 is 0 Å². The number of nitrogens with two attached hydrogens (primary N) is 1. The van der Waals surface area contributed by atoms with Crippen LogP contribution in [0.4, 0.5) is 4.39 Å². The van der Waals surface area contributed by atoms with Crippen molar-refractivity contribution < 1.29 is 4.39 Å². The van der Waals surface area contributed by atoms with Crippen molar-refractivity contribution >= 4 is 0 Å². The smallest absolute Gasteiger partial charge is 0.126 e. The minimum atomic E-state index is -1.25. The van der Waals surface area contributed by atoms with Gasteiger partial charge in [0.05, 0.1) is 0 Å². The van der Waals surface area contributed by atoms with Crippen LogP contribution in [0, 0.1) is 0 Å². The van der Waals surface area contributed by atoms with E-state index in [1.165, 1.54) is 19.1 Å².